The number of nitrogens with two attached hydrogens (primary N) is 1. The maximum atomic E-state index is 10.9. The van der Waals surface area contributed by atoms with Crippen molar-refractivity contribution in [3.63, 3.8) is 0 Å². The number of carboxylic acid groups (broad SMARTS) is 1. The standard InChI is InChI=1S/C13H10N2O3/c14-12-5-8(13(17)18)1-2-10(12)11-6-15-4-3-9(11)7-16/h1-7H,14H2,(H,17,18). The van der Waals surface area contributed by atoms with Gasteiger partial charge in [-0.3, -0.25) is 9.78 Å². The number of hydrogen-bond acceptors (Lipinski definition) is 4. The van der Waals surface area contributed by atoms with Crippen LogP contribution in [0.15, 0.2) is 36.7 Å². The molecule has 1 heterocycles. The SMILES string of the molecule is Nc1cc(C(=O)O)ccc1-c1cnccc1C=O. The average molecular weight is 242 g/mol. The molecular weight excluding hydrogens is 232 g/mol. The van der Waals surface area contributed by atoms with Gasteiger partial charge in [0, 0.05) is 34.8 Å². The molecule has 0 radical (unpaired) electrons. The normalized spacial score (nSPS) is 10.0. The van der Waals surface area contributed by atoms with E-state index in [2.05, 4.69) is 4.98 Å². The van der Waals surface area contributed by atoms with Gasteiger partial charge in [0.05, 0.1) is 5.56 Å². The molecule has 2 rings (SSSR count). The fraction of sp³-hybridized carbons (Fsp3) is 0. The summed E-state index contributed by atoms with van der Waals surface area (Å²) in [7, 11) is 0. The third-order valence-electron chi connectivity index (χ3n) is 2.57. The first-order valence-corrected chi connectivity index (χ1v) is 5.16. The zero-order valence-electron chi connectivity index (χ0n) is 9.33. The van der Waals surface area contributed by atoms with Gasteiger partial charge in [-0.2, -0.15) is 0 Å². The van der Waals surface area contributed by atoms with Gasteiger partial charge in [-0.1, -0.05) is 6.07 Å². The van der Waals surface area contributed by atoms with Gasteiger partial charge >= 0.3 is 5.97 Å². The zero-order valence-corrected chi connectivity index (χ0v) is 9.33. The molecule has 90 valence electrons. The highest BCUT2D eigenvalue weighted by Crippen LogP contribution is 2.28. The van der Waals surface area contributed by atoms with Crippen molar-refractivity contribution in [3.8, 4) is 11.1 Å². The molecule has 0 bridgehead atoms. The van der Waals surface area contributed by atoms with Crippen LogP contribution in [-0.4, -0.2) is 22.3 Å². The number of pyridine rings is 1. The van der Waals surface area contributed by atoms with E-state index < -0.39 is 5.97 Å². The summed E-state index contributed by atoms with van der Waals surface area (Å²) in [4.78, 5) is 25.7. The lowest BCUT2D eigenvalue weighted by atomic mass is 9.99. The van der Waals surface area contributed by atoms with E-state index in [4.69, 9.17) is 10.8 Å². The summed E-state index contributed by atoms with van der Waals surface area (Å²) >= 11 is 0. The Labute approximate surface area is 103 Å². The second kappa shape index (κ2) is 4.67. The van der Waals surface area contributed by atoms with Crippen molar-refractivity contribution in [1.82, 2.24) is 4.98 Å². The van der Waals surface area contributed by atoms with Crippen LogP contribution in [0.5, 0.6) is 0 Å². The summed E-state index contributed by atoms with van der Waals surface area (Å²) in [5.74, 6) is -1.05. The quantitative estimate of drug-likeness (QED) is 0.632. The second-order valence-corrected chi connectivity index (χ2v) is 3.69. The number of nitrogens with zero attached hydrogens (tertiary/aromatic N) is 1. The number of aromatic carboxylic acids is 1. The average Bonchev–Trinajstić information content (AvgIpc) is 2.38. The lowest BCUT2D eigenvalue weighted by Gasteiger charge is -2.08. The molecule has 0 aliphatic heterocycles. The van der Waals surface area contributed by atoms with Crippen LogP contribution >= 0.6 is 0 Å². The molecule has 0 fully saturated rings. The number of carbonyl (C=O) groups is 2. The lowest BCUT2D eigenvalue weighted by Crippen LogP contribution is -2.00. The summed E-state index contributed by atoms with van der Waals surface area (Å²) in [6.07, 6.45) is 3.74. The molecule has 0 atom stereocenters. The molecular formula is C13H10N2O3. The molecule has 3 N–H and O–H groups in total. The number of carboxylic acids is 1. The van der Waals surface area contributed by atoms with Gasteiger partial charge in [0.2, 0.25) is 0 Å². The lowest BCUT2D eigenvalue weighted by molar-refractivity contribution is 0.0697. The van der Waals surface area contributed by atoms with Gasteiger partial charge in [-0.15, -0.1) is 0 Å². The van der Waals surface area contributed by atoms with Crippen LogP contribution in [0.25, 0.3) is 11.1 Å². The minimum atomic E-state index is -1.05. The Hall–Kier alpha value is -2.69. The predicted molar refractivity (Wildman–Crippen MR) is 66.4 cm³/mol. The van der Waals surface area contributed by atoms with Crippen LogP contribution in [-0.2, 0) is 0 Å². The number of aromatic nitrogens is 1. The van der Waals surface area contributed by atoms with Gasteiger partial charge in [0.25, 0.3) is 0 Å². The molecule has 5 heteroatoms. The van der Waals surface area contributed by atoms with E-state index >= 15 is 0 Å². The highest BCUT2D eigenvalue weighted by molar-refractivity contribution is 5.94. The summed E-state index contributed by atoms with van der Waals surface area (Å²) < 4.78 is 0. The van der Waals surface area contributed by atoms with Crippen LogP contribution in [0, 0.1) is 0 Å². The second-order valence-electron chi connectivity index (χ2n) is 3.69. The first-order chi connectivity index (χ1) is 8.63. The van der Waals surface area contributed by atoms with Crippen LogP contribution in [0.2, 0.25) is 0 Å². The van der Waals surface area contributed by atoms with Crippen molar-refractivity contribution < 1.29 is 14.7 Å². The van der Waals surface area contributed by atoms with E-state index in [1.165, 1.54) is 24.5 Å². The molecule has 1 aromatic heterocycles. The van der Waals surface area contributed by atoms with Gasteiger partial charge in [-0.25, -0.2) is 4.79 Å². The van der Waals surface area contributed by atoms with Crippen molar-refractivity contribution in [2.75, 3.05) is 5.73 Å². The third kappa shape index (κ3) is 2.06. The summed E-state index contributed by atoms with van der Waals surface area (Å²) in [6.45, 7) is 0. The van der Waals surface area contributed by atoms with Crippen molar-refractivity contribution in [2.24, 2.45) is 0 Å². The Balaban J connectivity index is 2.58. The first-order valence-electron chi connectivity index (χ1n) is 5.16. The number of benzene rings is 1. The van der Waals surface area contributed by atoms with E-state index in [1.54, 1.807) is 12.1 Å². The van der Waals surface area contributed by atoms with E-state index in [1.807, 2.05) is 0 Å². The molecule has 0 spiro atoms. The van der Waals surface area contributed by atoms with Crippen molar-refractivity contribution >= 4 is 17.9 Å². The summed E-state index contributed by atoms with van der Waals surface area (Å²) in [5.41, 5.74) is 7.85. The molecule has 18 heavy (non-hydrogen) atoms. The summed E-state index contributed by atoms with van der Waals surface area (Å²) in [5, 5.41) is 8.85. The molecule has 2 aromatic rings. The number of aldehydes is 1. The fourth-order valence-corrected chi connectivity index (χ4v) is 1.67. The van der Waals surface area contributed by atoms with Crippen molar-refractivity contribution in [1.29, 1.82) is 0 Å². The molecule has 0 saturated carbocycles. The van der Waals surface area contributed by atoms with E-state index in [0.29, 0.717) is 28.7 Å². The highest BCUT2D eigenvalue weighted by Gasteiger charge is 2.10. The molecule has 1 aromatic carbocycles. The Morgan fingerprint density at radius 3 is 2.67 bits per heavy atom. The molecule has 0 unspecified atom stereocenters. The Kier molecular flexibility index (Phi) is 3.05. The third-order valence-corrected chi connectivity index (χ3v) is 2.57. The molecule has 5 nitrogen and oxygen atoms in total. The molecule has 0 amide bonds. The molecule has 0 aliphatic rings. The number of nitrogen functional groups attached to an aromatic ring is 1. The minimum absolute atomic E-state index is 0.104. The van der Waals surface area contributed by atoms with Crippen LogP contribution in [0.4, 0.5) is 5.69 Å². The Morgan fingerprint density at radius 2 is 2.06 bits per heavy atom. The number of anilines is 1. The monoisotopic (exact) mass is 242 g/mol. The van der Waals surface area contributed by atoms with E-state index in [0.717, 1.165) is 0 Å². The zero-order chi connectivity index (χ0) is 13.1. The Morgan fingerprint density at radius 1 is 1.28 bits per heavy atom. The van der Waals surface area contributed by atoms with Gasteiger partial charge in [-0.05, 0) is 18.2 Å². The minimum Gasteiger partial charge on any atom is -0.478 e. The van der Waals surface area contributed by atoms with Crippen LogP contribution in [0.1, 0.15) is 20.7 Å². The number of carbonyl (C=O) groups excluding carboxylic acids is 1. The maximum absolute atomic E-state index is 10.9. The fourth-order valence-electron chi connectivity index (χ4n) is 1.67. The van der Waals surface area contributed by atoms with Gasteiger partial charge < -0.3 is 10.8 Å². The maximum Gasteiger partial charge on any atom is 0.335 e. The highest BCUT2D eigenvalue weighted by atomic mass is 16.4. The smallest absolute Gasteiger partial charge is 0.335 e. The molecule has 0 aliphatic carbocycles. The topological polar surface area (TPSA) is 93.3 Å². The van der Waals surface area contributed by atoms with E-state index in [-0.39, 0.29) is 5.56 Å². The number of hydrogen-bond donors (Lipinski definition) is 2. The Bertz CT molecular complexity index is 623. The largest absolute Gasteiger partial charge is 0.478 e. The van der Waals surface area contributed by atoms with E-state index in [9.17, 15) is 9.59 Å². The van der Waals surface area contributed by atoms with Gasteiger partial charge in [0.15, 0.2) is 6.29 Å². The predicted octanol–water partition coefficient (Wildman–Crippen LogP) is 1.84. The summed E-state index contributed by atoms with van der Waals surface area (Å²) in [6, 6.07) is 5.95. The van der Waals surface area contributed by atoms with Crippen LogP contribution < -0.4 is 5.73 Å². The number of rotatable bonds is 3. The van der Waals surface area contributed by atoms with Crippen LogP contribution in [0.3, 0.4) is 0 Å². The van der Waals surface area contributed by atoms with Crippen molar-refractivity contribution in [2.45, 2.75) is 0 Å². The van der Waals surface area contributed by atoms with Gasteiger partial charge in [0.1, 0.15) is 0 Å². The van der Waals surface area contributed by atoms with Crippen molar-refractivity contribution in [3.05, 3.63) is 47.8 Å². The molecule has 0 saturated heterocycles. The first kappa shape index (κ1) is 11.8.